The minimum atomic E-state index is -0.650. The van der Waals surface area contributed by atoms with E-state index in [1.807, 2.05) is 6.92 Å². The number of hydrogen-bond donors (Lipinski definition) is 3. The first-order valence-corrected chi connectivity index (χ1v) is 6.82. The molecule has 4 N–H and O–H groups in total. The summed E-state index contributed by atoms with van der Waals surface area (Å²) in [6.07, 6.45) is 2.36. The van der Waals surface area contributed by atoms with Gasteiger partial charge in [0.2, 0.25) is 0 Å². The van der Waals surface area contributed by atoms with Crippen molar-refractivity contribution in [2.24, 2.45) is 5.73 Å². The van der Waals surface area contributed by atoms with Crippen LogP contribution in [0.2, 0.25) is 0 Å². The topological polar surface area (TPSA) is 97.1 Å². The Hall–Kier alpha value is -2.41. The SMILES string of the molecule is CCc1ncc(C(=O)Nc2cccc(NC(N)=O)c2)s1. The van der Waals surface area contributed by atoms with Crippen molar-refractivity contribution in [2.75, 3.05) is 10.6 Å². The van der Waals surface area contributed by atoms with E-state index in [9.17, 15) is 9.59 Å². The fourth-order valence-electron chi connectivity index (χ4n) is 1.59. The number of benzene rings is 1. The summed E-state index contributed by atoms with van der Waals surface area (Å²) in [5.74, 6) is -0.224. The number of carbonyl (C=O) groups excluding carboxylic acids is 2. The summed E-state index contributed by atoms with van der Waals surface area (Å²) in [6.45, 7) is 1.99. The lowest BCUT2D eigenvalue weighted by molar-refractivity contribution is 0.103. The van der Waals surface area contributed by atoms with Crippen LogP contribution in [-0.4, -0.2) is 16.9 Å². The summed E-state index contributed by atoms with van der Waals surface area (Å²) in [5.41, 5.74) is 6.14. The standard InChI is InChI=1S/C13H14N4O2S/c1-2-11-15-7-10(20-11)12(18)16-8-4-3-5-9(6-8)17-13(14)19/h3-7H,2H2,1H3,(H,16,18)(H3,14,17,19). The first-order valence-electron chi connectivity index (χ1n) is 6.01. The van der Waals surface area contributed by atoms with Crippen molar-refractivity contribution in [1.82, 2.24) is 4.98 Å². The van der Waals surface area contributed by atoms with Crippen LogP contribution in [0.4, 0.5) is 16.2 Å². The zero-order valence-corrected chi connectivity index (χ0v) is 11.7. The predicted molar refractivity (Wildman–Crippen MR) is 79.1 cm³/mol. The summed E-state index contributed by atoms with van der Waals surface area (Å²) < 4.78 is 0. The largest absolute Gasteiger partial charge is 0.351 e. The van der Waals surface area contributed by atoms with Crippen LogP contribution in [0.25, 0.3) is 0 Å². The molecule has 3 amide bonds. The quantitative estimate of drug-likeness (QED) is 0.806. The van der Waals surface area contributed by atoms with Crippen molar-refractivity contribution in [3.05, 3.63) is 40.3 Å². The second-order valence-electron chi connectivity index (χ2n) is 4.00. The Balaban J connectivity index is 2.09. The summed E-state index contributed by atoms with van der Waals surface area (Å²) in [6, 6.07) is 6.10. The highest BCUT2D eigenvalue weighted by molar-refractivity contribution is 7.13. The number of nitrogens with one attached hydrogen (secondary N) is 2. The number of rotatable bonds is 4. The Morgan fingerprint density at radius 3 is 2.60 bits per heavy atom. The lowest BCUT2D eigenvalue weighted by atomic mass is 10.2. The molecule has 2 aromatic rings. The van der Waals surface area contributed by atoms with Crippen molar-refractivity contribution in [2.45, 2.75) is 13.3 Å². The van der Waals surface area contributed by atoms with E-state index in [-0.39, 0.29) is 5.91 Å². The Morgan fingerprint density at radius 2 is 2.00 bits per heavy atom. The molecule has 0 aliphatic carbocycles. The van der Waals surface area contributed by atoms with Gasteiger partial charge in [-0.1, -0.05) is 13.0 Å². The molecule has 0 fully saturated rings. The van der Waals surface area contributed by atoms with Crippen molar-refractivity contribution in [3.63, 3.8) is 0 Å². The number of nitrogens with zero attached hydrogens (tertiary/aromatic N) is 1. The molecule has 0 radical (unpaired) electrons. The van der Waals surface area contributed by atoms with Crippen LogP contribution in [0.1, 0.15) is 21.6 Å². The van der Waals surface area contributed by atoms with Crippen molar-refractivity contribution in [3.8, 4) is 0 Å². The number of primary amides is 1. The summed E-state index contributed by atoms with van der Waals surface area (Å²) in [5, 5.41) is 6.11. The molecule has 0 atom stereocenters. The third kappa shape index (κ3) is 3.55. The van der Waals surface area contributed by atoms with Crippen LogP contribution in [0.3, 0.4) is 0 Å². The first-order chi connectivity index (χ1) is 9.58. The average molecular weight is 290 g/mol. The van der Waals surface area contributed by atoms with E-state index in [1.54, 1.807) is 30.5 Å². The zero-order chi connectivity index (χ0) is 14.5. The van der Waals surface area contributed by atoms with Crippen molar-refractivity contribution < 1.29 is 9.59 Å². The van der Waals surface area contributed by atoms with Crippen LogP contribution in [0, 0.1) is 0 Å². The summed E-state index contributed by atoms with van der Waals surface area (Å²) in [4.78, 5) is 27.5. The van der Waals surface area contributed by atoms with Gasteiger partial charge in [0.1, 0.15) is 4.88 Å². The molecule has 7 heteroatoms. The Morgan fingerprint density at radius 1 is 1.30 bits per heavy atom. The van der Waals surface area contributed by atoms with Gasteiger partial charge in [0, 0.05) is 11.4 Å². The third-order valence-electron chi connectivity index (χ3n) is 2.47. The number of amides is 3. The normalized spacial score (nSPS) is 10.1. The maximum Gasteiger partial charge on any atom is 0.316 e. The van der Waals surface area contributed by atoms with E-state index in [1.165, 1.54) is 11.3 Å². The van der Waals surface area contributed by atoms with Gasteiger partial charge in [0.15, 0.2) is 0 Å². The van der Waals surface area contributed by atoms with Gasteiger partial charge in [-0.25, -0.2) is 9.78 Å². The molecule has 0 aliphatic heterocycles. The third-order valence-corrected chi connectivity index (χ3v) is 3.61. The molecule has 6 nitrogen and oxygen atoms in total. The Kier molecular flexibility index (Phi) is 4.31. The molecule has 20 heavy (non-hydrogen) atoms. The molecule has 1 heterocycles. The van der Waals surface area contributed by atoms with Gasteiger partial charge in [0.25, 0.3) is 5.91 Å². The maximum absolute atomic E-state index is 12.0. The molecule has 1 aromatic carbocycles. The van der Waals surface area contributed by atoms with Gasteiger partial charge < -0.3 is 16.4 Å². The minimum Gasteiger partial charge on any atom is -0.351 e. The van der Waals surface area contributed by atoms with Gasteiger partial charge in [-0.15, -0.1) is 11.3 Å². The lowest BCUT2D eigenvalue weighted by Gasteiger charge is -2.06. The van der Waals surface area contributed by atoms with E-state index in [2.05, 4.69) is 15.6 Å². The van der Waals surface area contributed by atoms with Crippen molar-refractivity contribution >= 4 is 34.6 Å². The van der Waals surface area contributed by atoms with Gasteiger partial charge in [-0.2, -0.15) is 0 Å². The molecule has 0 unspecified atom stereocenters. The molecule has 1 aromatic heterocycles. The Labute approximate surface area is 120 Å². The highest BCUT2D eigenvalue weighted by Crippen LogP contribution is 2.18. The van der Waals surface area contributed by atoms with E-state index in [0.717, 1.165) is 11.4 Å². The van der Waals surface area contributed by atoms with Crippen LogP contribution in [0.5, 0.6) is 0 Å². The van der Waals surface area contributed by atoms with Crippen LogP contribution in [0.15, 0.2) is 30.5 Å². The van der Waals surface area contributed by atoms with Crippen LogP contribution >= 0.6 is 11.3 Å². The molecule has 0 saturated carbocycles. The van der Waals surface area contributed by atoms with Crippen LogP contribution < -0.4 is 16.4 Å². The number of urea groups is 1. The lowest BCUT2D eigenvalue weighted by Crippen LogP contribution is -2.19. The van der Waals surface area contributed by atoms with Gasteiger partial charge >= 0.3 is 6.03 Å². The number of aromatic nitrogens is 1. The fraction of sp³-hybridized carbons (Fsp3) is 0.154. The highest BCUT2D eigenvalue weighted by atomic mass is 32.1. The number of carbonyl (C=O) groups is 2. The monoisotopic (exact) mass is 290 g/mol. The van der Waals surface area contributed by atoms with Gasteiger partial charge in [-0.3, -0.25) is 4.79 Å². The minimum absolute atomic E-state index is 0.224. The van der Waals surface area contributed by atoms with E-state index in [0.29, 0.717) is 16.3 Å². The number of aryl methyl sites for hydroxylation is 1. The van der Waals surface area contributed by atoms with Gasteiger partial charge in [0.05, 0.1) is 11.2 Å². The predicted octanol–water partition coefficient (Wildman–Crippen LogP) is 2.45. The molecule has 0 aliphatic rings. The Bertz CT molecular complexity index is 639. The van der Waals surface area contributed by atoms with E-state index in [4.69, 9.17) is 5.73 Å². The second-order valence-corrected chi connectivity index (χ2v) is 5.11. The number of anilines is 2. The molecule has 0 bridgehead atoms. The maximum atomic E-state index is 12.0. The van der Waals surface area contributed by atoms with E-state index >= 15 is 0 Å². The summed E-state index contributed by atoms with van der Waals surface area (Å²) >= 11 is 1.36. The first kappa shape index (κ1) is 14.0. The molecule has 2 rings (SSSR count). The molecule has 0 saturated heterocycles. The van der Waals surface area contributed by atoms with E-state index < -0.39 is 6.03 Å². The number of hydrogen-bond acceptors (Lipinski definition) is 4. The van der Waals surface area contributed by atoms with Crippen LogP contribution in [-0.2, 0) is 6.42 Å². The number of thiazole rings is 1. The number of nitrogens with two attached hydrogens (primary N) is 1. The fourth-order valence-corrected chi connectivity index (χ4v) is 2.34. The van der Waals surface area contributed by atoms with Gasteiger partial charge in [-0.05, 0) is 24.6 Å². The zero-order valence-electron chi connectivity index (χ0n) is 10.8. The highest BCUT2D eigenvalue weighted by Gasteiger charge is 2.10. The van der Waals surface area contributed by atoms with Crippen molar-refractivity contribution in [1.29, 1.82) is 0 Å². The smallest absolute Gasteiger partial charge is 0.316 e. The average Bonchev–Trinajstić information content (AvgIpc) is 2.87. The molecule has 0 spiro atoms. The summed E-state index contributed by atoms with van der Waals surface area (Å²) in [7, 11) is 0. The second kappa shape index (κ2) is 6.16. The molecule has 104 valence electrons. The molecular weight excluding hydrogens is 276 g/mol. The molecular formula is C13H14N4O2S.